The number of benzene rings is 1. The van der Waals surface area contributed by atoms with E-state index in [-0.39, 0.29) is 24.2 Å². The molecule has 158 valence electrons. The Hall–Kier alpha value is -1.41. The summed E-state index contributed by atoms with van der Waals surface area (Å²) in [6.45, 7) is 3.77. The third kappa shape index (κ3) is 3.30. The van der Waals surface area contributed by atoms with Crippen LogP contribution < -0.4 is 0 Å². The summed E-state index contributed by atoms with van der Waals surface area (Å²) >= 11 is 18.5. The summed E-state index contributed by atoms with van der Waals surface area (Å²) in [5, 5.41) is 13.3. The minimum absolute atomic E-state index is 0.0809. The van der Waals surface area contributed by atoms with Crippen LogP contribution in [-0.4, -0.2) is 37.6 Å². The smallest absolute Gasteiger partial charge is 0.163 e. The minimum Gasteiger partial charge on any atom is -0.388 e. The van der Waals surface area contributed by atoms with Crippen LogP contribution in [0.5, 0.6) is 0 Å². The minimum atomic E-state index is -0.783. The lowest BCUT2D eigenvalue weighted by Crippen LogP contribution is -2.29. The Kier molecular flexibility index (Phi) is 5.01. The summed E-state index contributed by atoms with van der Waals surface area (Å²) in [5.74, 6) is -0.951. The van der Waals surface area contributed by atoms with Gasteiger partial charge in [0.25, 0.3) is 0 Å². The van der Waals surface area contributed by atoms with Crippen molar-refractivity contribution < 1.29 is 14.6 Å². The molecule has 1 aliphatic carbocycles. The van der Waals surface area contributed by atoms with E-state index in [2.05, 4.69) is 9.97 Å². The average Bonchev–Trinajstić information content (AvgIpc) is 3.34. The number of hydrogen-bond donors (Lipinski definition) is 1. The van der Waals surface area contributed by atoms with Crippen LogP contribution in [0.2, 0.25) is 15.2 Å². The highest BCUT2D eigenvalue weighted by molar-refractivity contribution is 6.42. The zero-order valence-corrected chi connectivity index (χ0v) is 18.6. The Morgan fingerprint density at radius 2 is 1.87 bits per heavy atom. The van der Waals surface area contributed by atoms with Crippen molar-refractivity contribution in [3.8, 4) is 0 Å². The van der Waals surface area contributed by atoms with E-state index in [1.54, 1.807) is 18.2 Å². The zero-order chi connectivity index (χ0) is 21.2. The van der Waals surface area contributed by atoms with E-state index in [1.165, 1.54) is 6.33 Å². The second kappa shape index (κ2) is 7.33. The Bertz CT molecular complexity index is 1120. The fraction of sp³-hybridized carbons (Fsp3) is 0.429. The van der Waals surface area contributed by atoms with Gasteiger partial charge in [0.2, 0.25) is 0 Å². The molecule has 2 aliphatic rings. The van der Waals surface area contributed by atoms with Crippen molar-refractivity contribution >= 4 is 45.8 Å². The molecule has 30 heavy (non-hydrogen) atoms. The SMILES string of the molecule is CC1(C)O[C@@H]2[C@@H]([C@H](O)c3ccc(Cl)c(Cl)c3)C[C@@H](n3ccc4c(Cl)ncnc43)[C@@H]2O1. The van der Waals surface area contributed by atoms with Crippen molar-refractivity contribution in [2.45, 2.75) is 50.4 Å². The normalized spacial score (nSPS) is 28.7. The molecule has 1 N–H and O–H groups in total. The van der Waals surface area contributed by atoms with E-state index in [0.29, 0.717) is 27.2 Å². The van der Waals surface area contributed by atoms with Crippen LogP contribution in [0, 0.1) is 5.92 Å². The van der Waals surface area contributed by atoms with E-state index in [1.807, 2.05) is 30.7 Å². The fourth-order valence-electron chi connectivity index (χ4n) is 4.72. The molecule has 5 rings (SSSR count). The van der Waals surface area contributed by atoms with Gasteiger partial charge in [0.05, 0.1) is 33.7 Å². The molecule has 0 bridgehead atoms. The van der Waals surface area contributed by atoms with Gasteiger partial charge in [-0.3, -0.25) is 0 Å². The number of halogens is 3. The predicted octanol–water partition coefficient (Wildman–Crippen LogP) is 5.21. The number of ether oxygens (including phenoxy) is 2. The van der Waals surface area contributed by atoms with Gasteiger partial charge < -0.3 is 19.1 Å². The highest BCUT2D eigenvalue weighted by atomic mass is 35.5. The van der Waals surface area contributed by atoms with Crippen LogP contribution in [0.25, 0.3) is 11.0 Å². The van der Waals surface area contributed by atoms with Gasteiger partial charge in [0.1, 0.15) is 23.2 Å². The number of hydrogen-bond acceptors (Lipinski definition) is 5. The van der Waals surface area contributed by atoms with Gasteiger partial charge in [-0.05, 0) is 44.0 Å². The van der Waals surface area contributed by atoms with Crippen LogP contribution >= 0.6 is 34.8 Å². The maximum absolute atomic E-state index is 11.2. The number of fused-ring (bicyclic) bond motifs is 2. The van der Waals surface area contributed by atoms with Gasteiger partial charge in [-0.2, -0.15) is 0 Å². The zero-order valence-electron chi connectivity index (χ0n) is 16.3. The molecule has 0 radical (unpaired) electrons. The Morgan fingerprint density at radius 3 is 2.63 bits per heavy atom. The van der Waals surface area contributed by atoms with Crippen molar-refractivity contribution in [3.05, 3.63) is 57.6 Å². The molecular weight excluding hydrogens is 449 g/mol. The largest absolute Gasteiger partial charge is 0.388 e. The number of aliphatic hydroxyl groups is 1. The molecule has 2 aromatic heterocycles. The molecule has 1 saturated heterocycles. The third-order valence-electron chi connectivity index (χ3n) is 5.99. The van der Waals surface area contributed by atoms with E-state index in [4.69, 9.17) is 44.3 Å². The first-order valence-corrected chi connectivity index (χ1v) is 10.8. The second-order valence-corrected chi connectivity index (χ2v) is 9.45. The molecule has 3 aromatic rings. The van der Waals surface area contributed by atoms with Gasteiger partial charge in [0, 0.05) is 12.1 Å². The average molecular weight is 469 g/mol. The Morgan fingerprint density at radius 1 is 1.10 bits per heavy atom. The Balaban J connectivity index is 1.54. The van der Waals surface area contributed by atoms with Crippen LogP contribution in [-0.2, 0) is 9.47 Å². The van der Waals surface area contributed by atoms with E-state index >= 15 is 0 Å². The highest BCUT2D eigenvalue weighted by Crippen LogP contribution is 2.51. The van der Waals surface area contributed by atoms with Crippen LogP contribution in [0.3, 0.4) is 0 Å². The fourth-order valence-corrected chi connectivity index (χ4v) is 5.22. The van der Waals surface area contributed by atoms with Gasteiger partial charge in [-0.15, -0.1) is 0 Å². The summed E-state index contributed by atoms with van der Waals surface area (Å²) in [5.41, 5.74) is 1.43. The van der Waals surface area contributed by atoms with E-state index in [0.717, 1.165) is 11.0 Å². The van der Waals surface area contributed by atoms with Gasteiger partial charge in [0.15, 0.2) is 5.79 Å². The number of aromatic nitrogens is 3. The quantitative estimate of drug-likeness (QED) is 0.535. The molecule has 5 atom stereocenters. The van der Waals surface area contributed by atoms with Crippen molar-refractivity contribution in [2.75, 3.05) is 0 Å². The van der Waals surface area contributed by atoms with Crippen molar-refractivity contribution in [1.29, 1.82) is 0 Å². The molecular formula is C21H20Cl3N3O3. The molecule has 1 aliphatic heterocycles. The molecule has 0 amide bonds. The van der Waals surface area contributed by atoms with Gasteiger partial charge in [-0.1, -0.05) is 40.9 Å². The molecule has 6 nitrogen and oxygen atoms in total. The first-order chi connectivity index (χ1) is 14.2. The highest BCUT2D eigenvalue weighted by Gasteiger charge is 2.56. The molecule has 0 unspecified atom stereocenters. The monoisotopic (exact) mass is 467 g/mol. The summed E-state index contributed by atoms with van der Waals surface area (Å²) < 4.78 is 14.6. The van der Waals surface area contributed by atoms with Crippen molar-refractivity contribution in [1.82, 2.24) is 14.5 Å². The lowest BCUT2D eigenvalue weighted by molar-refractivity contribution is -0.165. The van der Waals surface area contributed by atoms with Gasteiger partial charge in [-0.25, -0.2) is 9.97 Å². The first-order valence-electron chi connectivity index (χ1n) is 9.71. The summed E-state index contributed by atoms with van der Waals surface area (Å²) in [6.07, 6.45) is 2.71. The predicted molar refractivity (Wildman–Crippen MR) is 115 cm³/mol. The summed E-state index contributed by atoms with van der Waals surface area (Å²) in [6, 6.07) is 7.01. The van der Waals surface area contributed by atoms with E-state index < -0.39 is 11.9 Å². The maximum atomic E-state index is 11.2. The molecule has 9 heteroatoms. The second-order valence-electron chi connectivity index (χ2n) is 8.27. The summed E-state index contributed by atoms with van der Waals surface area (Å²) in [7, 11) is 0. The number of aliphatic hydroxyl groups excluding tert-OH is 1. The lowest BCUT2D eigenvalue weighted by atomic mass is 9.92. The molecule has 3 heterocycles. The molecule has 0 spiro atoms. The standard InChI is InChI=1S/C21H20Cl3N3O3/c1-21(2)29-17-12(16(28)10-3-4-13(22)14(23)7-10)8-15(18(17)30-21)27-6-5-11-19(24)25-9-26-20(11)27/h3-7,9,12,15-18,28H,8H2,1-2H3/t12-,15-,16-,17-,18+/m1/s1. The molecule has 2 fully saturated rings. The van der Waals surface area contributed by atoms with Crippen LogP contribution in [0.15, 0.2) is 36.8 Å². The molecule has 1 aromatic carbocycles. The summed E-state index contributed by atoms with van der Waals surface area (Å²) in [4.78, 5) is 8.48. The van der Waals surface area contributed by atoms with Gasteiger partial charge >= 0.3 is 0 Å². The number of nitrogens with zero attached hydrogens (tertiary/aromatic N) is 3. The van der Waals surface area contributed by atoms with Crippen molar-refractivity contribution in [2.24, 2.45) is 5.92 Å². The molecule has 1 saturated carbocycles. The number of rotatable bonds is 3. The maximum Gasteiger partial charge on any atom is 0.163 e. The van der Waals surface area contributed by atoms with Crippen LogP contribution in [0.1, 0.15) is 38.0 Å². The lowest BCUT2D eigenvalue weighted by Gasteiger charge is -2.27. The first kappa shape index (κ1) is 20.5. The van der Waals surface area contributed by atoms with E-state index in [9.17, 15) is 5.11 Å². The van der Waals surface area contributed by atoms with Crippen molar-refractivity contribution in [3.63, 3.8) is 0 Å². The third-order valence-corrected chi connectivity index (χ3v) is 7.03. The Labute approximate surface area is 188 Å². The topological polar surface area (TPSA) is 69.4 Å². The van der Waals surface area contributed by atoms with Crippen LogP contribution in [0.4, 0.5) is 0 Å².